The van der Waals surface area contributed by atoms with Crippen molar-refractivity contribution in [3.8, 4) is 0 Å². The second kappa shape index (κ2) is 3.63. The van der Waals surface area contributed by atoms with Crippen molar-refractivity contribution in [2.45, 2.75) is 50.9 Å². The number of nitrogens with one attached hydrogen (secondary N) is 1. The molecule has 2 aromatic rings. The molecule has 4 aliphatic rings. The maximum Gasteiger partial charge on any atom is 0.113 e. The average Bonchev–Trinajstić information content (AvgIpc) is 2.79. The van der Waals surface area contributed by atoms with Crippen LogP contribution in [0.5, 0.6) is 0 Å². The number of aromatic nitrogens is 2. The van der Waals surface area contributed by atoms with Crippen molar-refractivity contribution in [1.29, 1.82) is 0 Å². The summed E-state index contributed by atoms with van der Waals surface area (Å²) < 4.78 is 0. The standard InChI is InChI=1S/C18H23N3/c1-17-6-11-4-12(7-17)9-18(8-11,10-17)16-20-14-3-2-13(19)5-15(14)21-16/h2-3,5,11-12H,4,6-10,19H2,1H3,(H,20,21). The van der Waals surface area contributed by atoms with Gasteiger partial charge in [0.1, 0.15) is 5.82 Å². The van der Waals surface area contributed by atoms with Gasteiger partial charge in [-0.1, -0.05) is 6.92 Å². The molecule has 4 saturated carbocycles. The van der Waals surface area contributed by atoms with Crippen LogP contribution < -0.4 is 5.73 Å². The SMILES string of the molecule is CC12CC3CC(C1)CC(c1nc4ccc(N)cc4[nH]1)(C3)C2. The summed E-state index contributed by atoms with van der Waals surface area (Å²) in [5.74, 6) is 3.09. The number of nitrogens with two attached hydrogens (primary N) is 1. The quantitative estimate of drug-likeness (QED) is 0.776. The lowest BCUT2D eigenvalue weighted by atomic mass is 9.44. The highest BCUT2D eigenvalue weighted by atomic mass is 15.0. The lowest BCUT2D eigenvalue weighted by Crippen LogP contribution is -2.53. The zero-order valence-electron chi connectivity index (χ0n) is 12.7. The monoisotopic (exact) mass is 281 g/mol. The van der Waals surface area contributed by atoms with Crippen LogP contribution in [0.1, 0.15) is 51.3 Å². The van der Waals surface area contributed by atoms with Gasteiger partial charge in [0.25, 0.3) is 0 Å². The zero-order valence-corrected chi connectivity index (χ0v) is 12.7. The van der Waals surface area contributed by atoms with Gasteiger partial charge in [0.05, 0.1) is 11.0 Å². The van der Waals surface area contributed by atoms with Crippen molar-refractivity contribution < 1.29 is 0 Å². The van der Waals surface area contributed by atoms with Crippen LogP contribution in [0.15, 0.2) is 18.2 Å². The number of aromatic amines is 1. The Morgan fingerprint density at radius 1 is 1.19 bits per heavy atom. The van der Waals surface area contributed by atoms with Gasteiger partial charge >= 0.3 is 0 Å². The van der Waals surface area contributed by atoms with Crippen molar-refractivity contribution in [1.82, 2.24) is 9.97 Å². The largest absolute Gasteiger partial charge is 0.399 e. The fraction of sp³-hybridized carbons (Fsp3) is 0.611. The predicted octanol–water partition coefficient (Wildman–Crippen LogP) is 4.00. The molecule has 4 fully saturated rings. The second-order valence-corrected chi connectivity index (χ2v) is 8.41. The zero-order chi connectivity index (χ0) is 14.2. The number of anilines is 1. The van der Waals surface area contributed by atoms with E-state index in [4.69, 9.17) is 10.7 Å². The third-order valence-corrected chi connectivity index (χ3v) is 6.36. The molecule has 0 spiro atoms. The van der Waals surface area contributed by atoms with Gasteiger partial charge in [-0.3, -0.25) is 0 Å². The van der Waals surface area contributed by atoms with E-state index in [9.17, 15) is 0 Å². The summed E-state index contributed by atoms with van der Waals surface area (Å²) in [4.78, 5) is 8.58. The Hall–Kier alpha value is -1.51. The van der Waals surface area contributed by atoms with Gasteiger partial charge in [-0.2, -0.15) is 0 Å². The number of imidazole rings is 1. The molecule has 0 aliphatic heterocycles. The van der Waals surface area contributed by atoms with Crippen molar-refractivity contribution >= 4 is 16.7 Å². The molecule has 2 atom stereocenters. The summed E-state index contributed by atoms with van der Waals surface area (Å²) in [6, 6.07) is 6.02. The molecule has 1 aromatic heterocycles. The minimum absolute atomic E-state index is 0.312. The van der Waals surface area contributed by atoms with Gasteiger partial charge in [-0.25, -0.2) is 4.98 Å². The van der Waals surface area contributed by atoms with Crippen LogP contribution in [0.4, 0.5) is 5.69 Å². The Balaban J connectivity index is 1.64. The molecule has 3 N–H and O–H groups in total. The van der Waals surface area contributed by atoms with Gasteiger partial charge < -0.3 is 10.7 Å². The topological polar surface area (TPSA) is 54.7 Å². The molecule has 3 nitrogen and oxygen atoms in total. The van der Waals surface area contributed by atoms with Crippen LogP contribution in [-0.4, -0.2) is 9.97 Å². The Kier molecular flexibility index (Phi) is 2.09. The number of nitrogen functional groups attached to an aromatic ring is 1. The van der Waals surface area contributed by atoms with Crippen molar-refractivity contribution in [2.24, 2.45) is 17.3 Å². The van der Waals surface area contributed by atoms with E-state index in [2.05, 4.69) is 11.9 Å². The number of benzene rings is 1. The van der Waals surface area contributed by atoms with Crippen LogP contribution in [-0.2, 0) is 5.41 Å². The number of nitrogens with zero attached hydrogens (tertiary/aromatic N) is 1. The third-order valence-electron chi connectivity index (χ3n) is 6.36. The summed E-state index contributed by atoms with van der Waals surface area (Å²) in [6.45, 7) is 2.51. The highest BCUT2D eigenvalue weighted by Crippen LogP contribution is 2.65. The van der Waals surface area contributed by atoms with Crippen LogP contribution in [0, 0.1) is 17.3 Å². The van der Waals surface area contributed by atoms with Crippen LogP contribution in [0.2, 0.25) is 0 Å². The first-order chi connectivity index (χ1) is 10.0. The average molecular weight is 281 g/mol. The molecule has 110 valence electrons. The molecule has 3 heteroatoms. The molecule has 2 unspecified atom stereocenters. The predicted molar refractivity (Wildman–Crippen MR) is 85.0 cm³/mol. The number of fused-ring (bicyclic) bond motifs is 1. The summed E-state index contributed by atoms with van der Waals surface area (Å²) in [5, 5.41) is 0. The normalized spacial score (nSPS) is 41.0. The Morgan fingerprint density at radius 3 is 2.67 bits per heavy atom. The Morgan fingerprint density at radius 2 is 1.95 bits per heavy atom. The number of H-pyrrole nitrogens is 1. The van der Waals surface area contributed by atoms with Crippen LogP contribution >= 0.6 is 0 Å². The number of hydrogen-bond donors (Lipinski definition) is 2. The molecule has 0 amide bonds. The second-order valence-electron chi connectivity index (χ2n) is 8.41. The van der Waals surface area contributed by atoms with E-state index < -0.39 is 0 Å². The smallest absolute Gasteiger partial charge is 0.113 e. The first kappa shape index (κ1) is 12.1. The van der Waals surface area contributed by atoms with E-state index in [1.165, 1.54) is 44.3 Å². The lowest BCUT2D eigenvalue weighted by molar-refractivity contribution is -0.0644. The third kappa shape index (κ3) is 1.63. The summed E-state index contributed by atoms with van der Waals surface area (Å²) in [5.41, 5.74) is 9.77. The van der Waals surface area contributed by atoms with E-state index in [1.54, 1.807) is 0 Å². The highest BCUT2D eigenvalue weighted by Gasteiger charge is 2.57. The fourth-order valence-electron chi connectivity index (χ4n) is 6.28. The molecule has 21 heavy (non-hydrogen) atoms. The summed E-state index contributed by atoms with van der Waals surface area (Å²) >= 11 is 0. The van der Waals surface area contributed by atoms with E-state index >= 15 is 0 Å². The van der Waals surface area contributed by atoms with Gasteiger partial charge in [0.2, 0.25) is 0 Å². The van der Waals surface area contributed by atoms with Crippen molar-refractivity contribution in [2.75, 3.05) is 5.73 Å². The van der Waals surface area contributed by atoms with Crippen molar-refractivity contribution in [3.63, 3.8) is 0 Å². The van der Waals surface area contributed by atoms with E-state index in [0.717, 1.165) is 28.6 Å². The molecule has 1 aromatic carbocycles. The molecule has 4 bridgehead atoms. The first-order valence-electron chi connectivity index (χ1n) is 8.29. The fourth-order valence-corrected chi connectivity index (χ4v) is 6.28. The highest BCUT2D eigenvalue weighted by molar-refractivity contribution is 5.79. The number of hydrogen-bond acceptors (Lipinski definition) is 2. The number of rotatable bonds is 1. The van der Waals surface area contributed by atoms with E-state index in [1.807, 2.05) is 18.2 Å². The lowest BCUT2D eigenvalue weighted by Gasteiger charge is -2.60. The molecular weight excluding hydrogens is 258 g/mol. The first-order valence-corrected chi connectivity index (χ1v) is 8.29. The summed E-state index contributed by atoms with van der Waals surface area (Å²) in [7, 11) is 0. The minimum atomic E-state index is 0.312. The molecule has 1 heterocycles. The Bertz CT molecular complexity index is 715. The van der Waals surface area contributed by atoms with Crippen LogP contribution in [0.3, 0.4) is 0 Å². The summed E-state index contributed by atoms with van der Waals surface area (Å²) in [6.07, 6.45) is 8.35. The molecule has 4 aliphatic carbocycles. The molecule has 6 rings (SSSR count). The Labute approximate surface area is 125 Å². The van der Waals surface area contributed by atoms with E-state index in [-0.39, 0.29) is 0 Å². The van der Waals surface area contributed by atoms with E-state index in [0.29, 0.717) is 10.8 Å². The molecule has 0 saturated heterocycles. The minimum Gasteiger partial charge on any atom is -0.399 e. The molecule has 0 radical (unpaired) electrons. The van der Waals surface area contributed by atoms with Gasteiger partial charge in [0, 0.05) is 11.1 Å². The van der Waals surface area contributed by atoms with Gasteiger partial charge in [-0.05, 0) is 74.0 Å². The van der Waals surface area contributed by atoms with Gasteiger partial charge in [-0.15, -0.1) is 0 Å². The maximum absolute atomic E-state index is 5.91. The van der Waals surface area contributed by atoms with Gasteiger partial charge in [0.15, 0.2) is 0 Å². The molecular formula is C18H23N3. The maximum atomic E-state index is 5.91. The van der Waals surface area contributed by atoms with Crippen molar-refractivity contribution in [3.05, 3.63) is 24.0 Å². The van der Waals surface area contributed by atoms with Crippen LogP contribution in [0.25, 0.3) is 11.0 Å².